The maximum absolute atomic E-state index is 15.2. The summed E-state index contributed by atoms with van der Waals surface area (Å²) < 4.78 is 52.0. The molecule has 0 radical (unpaired) electrons. The smallest absolute Gasteiger partial charge is 0.412 e. The summed E-state index contributed by atoms with van der Waals surface area (Å²) >= 11 is 0. The molecule has 0 spiro atoms. The van der Waals surface area contributed by atoms with Crippen molar-refractivity contribution in [1.82, 2.24) is 14.6 Å². The Hall–Kier alpha value is -5.90. The first-order valence-electron chi connectivity index (χ1n) is 22.7. The van der Waals surface area contributed by atoms with E-state index in [1.54, 1.807) is 49.7 Å². The molecule has 3 N–H and O–H groups in total. The van der Waals surface area contributed by atoms with Gasteiger partial charge in [-0.1, -0.05) is 109 Å². The molecule has 1 aromatic heterocycles. The first-order chi connectivity index (χ1) is 32.2. The predicted molar refractivity (Wildman–Crippen MR) is 252 cm³/mol. The third-order valence-electron chi connectivity index (χ3n) is 13.1. The number of benzene rings is 4. The Balaban J connectivity index is 1.30. The number of aliphatic hydroxyl groups is 2. The largest absolute Gasteiger partial charge is 0.460 e. The number of nitrogens with zero attached hydrogens (tertiary/aromatic N) is 3. The summed E-state index contributed by atoms with van der Waals surface area (Å²) in [5.41, 5.74) is 4.32. The number of carbonyl (C=O) groups is 1. The number of rotatable bonds is 20. The predicted octanol–water partition coefficient (Wildman–Crippen LogP) is 8.68. The number of aliphatic hydroxyl groups excluding tert-OH is 2. The molecule has 1 fully saturated rings. The molecule has 0 saturated heterocycles. The fourth-order valence-electron chi connectivity index (χ4n) is 10.0. The molecule has 2 heterocycles. The van der Waals surface area contributed by atoms with Crippen molar-refractivity contribution in [2.75, 3.05) is 26.9 Å². The van der Waals surface area contributed by atoms with Crippen molar-refractivity contribution < 1.29 is 42.5 Å². The van der Waals surface area contributed by atoms with Crippen LogP contribution in [0.15, 0.2) is 150 Å². The number of fused-ring (bicyclic) bond motifs is 3. The van der Waals surface area contributed by atoms with E-state index in [9.17, 15) is 15.0 Å². The number of aromatic nitrogens is 1. The number of oxime groups is 1. The highest BCUT2D eigenvalue weighted by Gasteiger charge is 2.65. The minimum atomic E-state index is -4.32. The van der Waals surface area contributed by atoms with E-state index in [1.165, 1.54) is 4.31 Å². The van der Waals surface area contributed by atoms with Gasteiger partial charge in [-0.3, -0.25) is 4.98 Å². The molecule has 1 saturated carbocycles. The zero-order valence-electron chi connectivity index (χ0n) is 37.2. The lowest BCUT2D eigenvalue weighted by molar-refractivity contribution is -0.250. The van der Waals surface area contributed by atoms with Crippen molar-refractivity contribution in [2.45, 2.75) is 80.7 Å². The molecule has 346 valence electrons. The molecule has 4 aromatic carbocycles. The Kier molecular flexibility index (Phi) is 14.9. The lowest BCUT2D eigenvalue weighted by Gasteiger charge is -2.59. The number of hydrogen-bond donors (Lipinski definition) is 3. The number of sulfonamides is 1. The zero-order chi connectivity index (χ0) is 46.1. The van der Waals surface area contributed by atoms with Gasteiger partial charge in [-0.05, 0) is 84.6 Å². The Morgan fingerprint density at radius 3 is 2.41 bits per heavy atom. The third kappa shape index (κ3) is 9.79. The third-order valence-corrected chi connectivity index (χ3v) is 15.0. The first kappa shape index (κ1) is 46.6. The van der Waals surface area contributed by atoms with Crippen molar-refractivity contribution >= 4 is 32.7 Å². The molecular weight excluding hydrogens is 857 g/mol. The molecule has 6 unspecified atom stereocenters. The highest BCUT2D eigenvalue weighted by molar-refractivity contribution is 7.89. The molecule has 6 atom stereocenters. The number of unbranched alkanes of at least 4 members (excludes halogenated alkanes) is 2. The topological polar surface area (TPSA) is 169 Å². The van der Waals surface area contributed by atoms with Gasteiger partial charge in [0.1, 0.15) is 23.0 Å². The molecule has 2 aliphatic carbocycles. The van der Waals surface area contributed by atoms with E-state index in [4.69, 9.17) is 24.2 Å². The van der Waals surface area contributed by atoms with Crippen LogP contribution in [0.5, 0.6) is 11.5 Å². The van der Waals surface area contributed by atoms with Crippen LogP contribution in [0.2, 0.25) is 0 Å². The first-order valence-corrected chi connectivity index (χ1v) is 24.2. The number of allylic oxidation sites excluding steroid dienone is 1. The number of amides is 1. The molecule has 0 bridgehead atoms. The second kappa shape index (κ2) is 21.2. The lowest BCUT2D eigenvalue weighted by atomic mass is 9.55. The summed E-state index contributed by atoms with van der Waals surface area (Å²) in [6, 6.07) is 32.2. The van der Waals surface area contributed by atoms with Crippen LogP contribution in [0, 0.1) is 17.8 Å². The van der Waals surface area contributed by atoms with Gasteiger partial charge in [0.15, 0.2) is 0 Å². The summed E-state index contributed by atoms with van der Waals surface area (Å²) in [5.74, 6) is -2.06. The van der Waals surface area contributed by atoms with Crippen LogP contribution in [0.4, 0.5) is 4.79 Å². The van der Waals surface area contributed by atoms with Gasteiger partial charge in [-0.15, -0.1) is 6.58 Å². The summed E-state index contributed by atoms with van der Waals surface area (Å²) in [6.45, 7) is 4.57. The van der Waals surface area contributed by atoms with Crippen LogP contribution in [-0.4, -0.2) is 78.4 Å². The maximum Gasteiger partial charge on any atom is 0.412 e. The van der Waals surface area contributed by atoms with Gasteiger partial charge < -0.3 is 34.6 Å². The average molecular weight is 915 g/mol. The molecular formula is C52H58N4O9S. The number of ether oxygens (including phenoxy) is 3. The molecule has 66 heavy (non-hydrogen) atoms. The fraction of sp³-hybridized carbons (Fsp3) is 0.365. The molecule has 1 aliphatic heterocycles. The van der Waals surface area contributed by atoms with E-state index < -0.39 is 39.8 Å². The maximum atomic E-state index is 15.2. The van der Waals surface area contributed by atoms with E-state index in [1.807, 2.05) is 78.9 Å². The zero-order valence-corrected chi connectivity index (χ0v) is 38.0. The number of carbonyl (C=O) groups excluding carboxylic acids is 1. The fourth-order valence-corrected chi connectivity index (χ4v) is 11.6. The van der Waals surface area contributed by atoms with E-state index in [0.717, 1.165) is 35.1 Å². The number of pyridine rings is 1. The van der Waals surface area contributed by atoms with Gasteiger partial charge in [-0.2, -0.15) is 4.31 Å². The number of likely N-dealkylation sites (N-methyl/N-ethyl adjacent to an activating group) is 1. The van der Waals surface area contributed by atoms with Gasteiger partial charge in [-0.25, -0.2) is 13.2 Å². The molecule has 3 aliphatic rings. The van der Waals surface area contributed by atoms with Gasteiger partial charge in [0.2, 0.25) is 15.8 Å². The van der Waals surface area contributed by atoms with Gasteiger partial charge in [0.25, 0.3) is 0 Å². The lowest BCUT2D eigenvalue weighted by Crippen LogP contribution is -2.69. The van der Waals surface area contributed by atoms with Crippen molar-refractivity contribution in [2.24, 2.45) is 22.9 Å². The summed E-state index contributed by atoms with van der Waals surface area (Å²) in [4.78, 5) is 24.0. The Morgan fingerprint density at radius 1 is 0.939 bits per heavy atom. The van der Waals surface area contributed by atoms with Gasteiger partial charge >= 0.3 is 6.09 Å². The summed E-state index contributed by atoms with van der Waals surface area (Å²) in [6.07, 6.45) is 9.01. The summed E-state index contributed by atoms with van der Waals surface area (Å²) in [7, 11) is -2.76. The standard InChI is InChI=1S/C52H58N4O9S/c1-3-30-62-52-47(56(2)66(60,61)46-24-14-21-38-22-15-27-53-50(38)46)33-44(55-63-35-37-18-8-5-9-19-37)42-31-39(20-10-12-28-57)41(23-11-13-29-58)48(49(42)52)43-32-40(25-26-45(43)65-52)64-51(59)54-34-36-16-6-4-7-17-36/h3-9,14-19,21-22,24-27,31-32,39,41,47-49,57-58H,1,10-13,20,23,28-30,33-35H2,2H3,(H,54,59). The second-order valence-electron chi connectivity index (χ2n) is 17.1. The SMILES string of the molecule is C=CCOC12Oc3ccc(OC(=O)NCc4ccccc4)cc3C3C(CCCCO)C(CCCCO)C=C(C(=NOCc4ccccc4)CC1N(C)S(=O)(=O)c1cccc4cccnc14)C32. The molecule has 13 nitrogen and oxygen atoms in total. The molecule has 8 rings (SSSR count). The van der Waals surface area contributed by atoms with Crippen LogP contribution in [-0.2, 0) is 32.7 Å². The Morgan fingerprint density at radius 2 is 1.67 bits per heavy atom. The van der Waals surface area contributed by atoms with Crippen LogP contribution >= 0.6 is 0 Å². The Labute approximate surface area is 386 Å². The van der Waals surface area contributed by atoms with E-state index in [-0.39, 0.29) is 56.1 Å². The van der Waals surface area contributed by atoms with E-state index in [0.29, 0.717) is 53.8 Å². The molecule has 5 aromatic rings. The number of nitrogens with one attached hydrogen (secondary N) is 1. The van der Waals surface area contributed by atoms with Gasteiger partial charge in [0.05, 0.1) is 29.8 Å². The monoisotopic (exact) mass is 914 g/mol. The van der Waals surface area contributed by atoms with E-state index >= 15 is 8.42 Å². The van der Waals surface area contributed by atoms with Crippen LogP contribution in [0.25, 0.3) is 10.9 Å². The number of hydrogen-bond acceptors (Lipinski definition) is 11. The highest BCUT2D eigenvalue weighted by atomic mass is 32.2. The van der Waals surface area contributed by atoms with Crippen molar-refractivity contribution in [3.05, 3.63) is 156 Å². The van der Waals surface area contributed by atoms with Gasteiger partial charge in [0, 0.05) is 56.3 Å². The minimum Gasteiger partial charge on any atom is -0.460 e. The average Bonchev–Trinajstić information content (AvgIpc) is 3.34. The normalized spacial score (nSPS) is 22.8. The van der Waals surface area contributed by atoms with Crippen molar-refractivity contribution in [3.63, 3.8) is 0 Å². The quantitative estimate of drug-likeness (QED) is 0.0390. The second-order valence-corrected chi connectivity index (χ2v) is 19.1. The van der Waals surface area contributed by atoms with Crippen molar-refractivity contribution in [3.8, 4) is 11.5 Å². The minimum absolute atomic E-state index is 0.0287. The van der Waals surface area contributed by atoms with Crippen LogP contribution in [0.3, 0.4) is 0 Å². The number of para-hydroxylation sites is 1. The molecule has 14 heteroatoms. The van der Waals surface area contributed by atoms with E-state index in [2.05, 4.69) is 23.0 Å². The van der Waals surface area contributed by atoms with Crippen molar-refractivity contribution in [1.29, 1.82) is 0 Å². The van der Waals surface area contributed by atoms with Crippen LogP contribution in [0.1, 0.15) is 67.6 Å². The summed E-state index contributed by atoms with van der Waals surface area (Å²) in [5, 5.41) is 28.3. The van der Waals surface area contributed by atoms with Crippen LogP contribution < -0.4 is 14.8 Å². The Bertz CT molecular complexity index is 2640. The molecule has 1 amide bonds. The highest BCUT2D eigenvalue weighted by Crippen LogP contribution is 2.62.